The van der Waals surface area contributed by atoms with Crippen molar-refractivity contribution in [1.29, 1.82) is 0 Å². The van der Waals surface area contributed by atoms with E-state index < -0.39 is 0 Å². The van der Waals surface area contributed by atoms with Crippen LogP contribution < -0.4 is 9.64 Å². The van der Waals surface area contributed by atoms with Crippen molar-refractivity contribution >= 4 is 17.1 Å². The first-order valence-electron chi connectivity index (χ1n) is 10.7. The van der Waals surface area contributed by atoms with Crippen molar-refractivity contribution in [2.75, 3.05) is 12.0 Å². The lowest BCUT2D eigenvalue weighted by atomic mass is 10.0. The van der Waals surface area contributed by atoms with Crippen LogP contribution in [0.5, 0.6) is 5.75 Å². The quantitative estimate of drug-likeness (QED) is 0.332. The molecule has 2 heteroatoms. The molecule has 0 bridgehead atoms. The Morgan fingerprint density at radius 1 is 0.484 bits per heavy atom. The van der Waals surface area contributed by atoms with Crippen molar-refractivity contribution in [3.8, 4) is 16.9 Å². The predicted octanol–water partition coefficient (Wildman–Crippen LogP) is 8.07. The molecule has 0 aliphatic rings. The molecular weight excluding hydrogens is 378 g/mol. The Morgan fingerprint density at radius 2 is 0.903 bits per heavy atom. The first-order chi connectivity index (χ1) is 15.0. The molecule has 31 heavy (non-hydrogen) atoms. The van der Waals surface area contributed by atoms with E-state index >= 15 is 0 Å². The van der Waals surface area contributed by atoms with Crippen LogP contribution in [-0.2, 0) is 0 Å². The van der Waals surface area contributed by atoms with Gasteiger partial charge in [0.1, 0.15) is 5.75 Å². The van der Waals surface area contributed by atoms with Crippen LogP contribution in [0.4, 0.5) is 17.1 Å². The minimum Gasteiger partial charge on any atom is -0.497 e. The third-order valence-electron chi connectivity index (χ3n) is 6.05. The minimum absolute atomic E-state index is 0.871. The number of methoxy groups -OCH3 is 1. The van der Waals surface area contributed by atoms with Gasteiger partial charge in [-0.15, -0.1) is 0 Å². The number of hydrogen-bond donors (Lipinski definition) is 0. The van der Waals surface area contributed by atoms with E-state index in [-0.39, 0.29) is 0 Å². The Morgan fingerprint density at radius 3 is 1.32 bits per heavy atom. The average Bonchev–Trinajstić information content (AvgIpc) is 2.79. The van der Waals surface area contributed by atoms with Crippen LogP contribution in [0.25, 0.3) is 11.1 Å². The fourth-order valence-electron chi connectivity index (χ4n) is 3.76. The van der Waals surface area contributed by atoms with Gasteiger partial charge in [0.05, 0.1) is 7.11 Å². The Hall–Kier alpha value is -3.52. The van der Waals surface area contributed by atoms with E-state index in [4.69, 9.17) is 4.74 Å². The summed E-state index contributed by atoms with van der Waals surface area (Å²) in [4.78, 5) is 2.33. The van der Waals surface area contributed by atoms with Crippen molar-refractivity contribution < 1.29 is 4.74 Å². The molecule has 4 aromatic rings. The van der Waals surface area contributed by atoms with Crippen molar-refractivity contribution in [3.05, 3.63) is 107 Å². The van der Waals surface area contributed by atoms with E-state index in [0.717, 1.165) is 11.4 Å². The van der Waals surface area contributed by atoms with Gasteiger partial charge in [0.25, 0.3) is 0 Å². The van der Waals surface area contributed by atoms with Gasteiger partial charge in [0.15, 0.2) is 0 Å². The van der Waals surface area contributed by atoms with Gasteiger partial charge in [-0.3, -0.25) is 0 Å². The third-order valence-corrected chi connectivity index (χ3v) is 6.05. The summed E-state index contributed by atoms with van der Waals surface area (Å²) < 4.78 is 5.28. The van der Waals surface area contributed by atoms with Crippen LogP contribution in [0.2, 0.25) is 0 Å². The second-order valence-electron chi connectivity index (χ2n) is 8.15. The maximum atomic E-state index is 5.28. The summed E-state index contributed by atoms with van der Waals surface area (Å²) >= 11 is 0. The van der Waals surface area contributed by atoms with Gasteiger partial charge in [-0.1, -0.05) is 36.4 Å². The van der Waals surface area contributed by atoms with Crippen molar-refractivity contribution in [1.82, 2.24) is 0 Å². The number of nitrogens with zero attached hydrogens (tertiary/aromatic N) is 1. The molecule has 0 saturated heterocycles. The molecule has 0 atom stereocenters. The van der Waals surface area contributed by atoms with Gasteiger partial charge in [-0.2, -0.15) is 0 Å². The molecule has 0 unspecified atom stereocenters. The molecular formula is C29H29NO. The Kier molecular flexibility index (Phi) is 5.81. The summed E-state index contributed by atoms with van der Waals surface area (Å²) in [6, 6.07) is 30.3. The number of benzene rings is 4. The zero-order valence-corrected chi connectivity index (χ0v) is 18.9. The summed E-state index contributed by atoms with van der Waals surface area (Å²) in [5.74, 6) is 0.871. The lowest BCUT2D eigenvalue weighted by molar-refractivity contribution is 0.415. The van der Waals surface area contributed by atoms with Crippen molar-refractivity contribution in [2.45, 2.75) is 27.7 Å². The molecule has 0 radical (unpaired) electrons. The Labute approximate surface area is 185 Å². The maximum Gasteiger partial charge on any atom is 0.118 e. The van der Waals surface area contributed by atoms with Gasteiger partial charge in [-0.05, 0) is 110 Å². The van der Waals surface area contributed by atoms with Gasteiger partial charge in [0, 0.05) is 17.1 Å². The van der Waals surface area contributed by atoms with E-state index in [9.17, 15) is 0 Å². The molecule has 0 aliphatic heterocycles. The first-order valence-corrected chi connectivity index (χ1v) is 10.7. The molecule has 0 amide bonds. The molecule has 2 nitrogen and oxygen atoms in total. The lowest BCUT2D eigenvalue weighted by Gasteiger charge is -2.27. The molecule has 4 aromatic carbocycles. The number of ether oxygens (including phenoxy) is 1. The summed E-state index contributed by atoms with van der Waals surface area (Å²) in [5, 5.41) is 0. The standard InChI is InChI=1S/C29H29NO/c1-20-6-12-27(18-22(20)3)30(28-13-7-21(2)23(4)19-28)26-14-8-24(9-15-26)25-10-16-29(31-5)17-11-25/h6-19H,1-5H3. The molecule has 0 spiro atoms. The smallest absolute Gasteiger partial charge is 0.118 e. The van der Waals surface area contributed by atoms with Crippen LogP contribution in [0.15, 0.2) is 84.9 Å². The largest absolute Gasteiger partial charge is 0.497 e. The molecule has 4 rings (SSSR count). The van der Waals surface area contributed by atoms with E-state index in [1.165, 1.54) is 44.8 Å². The van der Waals surface area contributed by atoms with E-state index in [0.29, 0.717) is 0 Å². The third kappa shape index (κ3) is 4.34. The van der Waals surface area contributed by atoms with Crippen LogP contribution in [0.3, 0.4) is 0 Å². The molecule has 0 aromatic heterocycles. The normalized spacial score (nSPS) is 10.7. The van der Waals surface area contributed by atoms with Gasteiger partial charge < -0.3 is 9.64 Å². The van der Waals surface area contributed by atoms with Crippen molar-refractivity contribution in [2.24, 2.45) is 0 Å². The first kappa shape index (κ1) is 20.7. The SMILES string of the molecule is COc1ccc(-c2ccc(N(c3ccc(C)c(C)c3)c3ccc(C)c(C)c3)cc2)cc1. The monoisotopic (exact) mass is 407 g/mol. The maximum absolute atomic E-state index is 5.28. The zero-order chi connectivity index (χ0) is 22.0. The molecule has 0 fully saturated rings. The van der Waals surface area contributed by atoms with Crippen molar-refractivity contribution in [3.63, 3.8) is 0 Å². The molecule has 0 saturated carbocycles. The van der Waals surface area contributed by atoms with Gasteiger partial charge >= 0.3 is 0 Å². The molecule has 0 aliphatic carbocycles. The topological polar surface area (TPSA) is 12.5 Å². The zero-order valence-electron chi connectivity index (χ0n) is 18.9. The fourth-order valence-corrected chi connectivity index (χ4v) is 3.76. The number of hydrogen-bond acceptors (Lipinski definition) is 2. The minimum atomic E-state index is 0.871. The fraction of sp³-hybridized carbons (Fsp3) is 0.172. The van der Waals surface area contributed by atoms with Crippen LogP contribution in [-0.4, -0.2) is 7.11 Å². The number of aryl methyl sites for hydroxylation is 4. The molecule has 0 N–H and O–H groups in total. The highest BCUT2D eigenvalue weighted by Crippen LogP contribution is 2.37. The highest BCUT2D eigenvalue weighted by molar-refractivity contribution is 5.79. The number of rotatable bonds is 5. The Balaban J connectivity index is 1.77. The highest BCUT2D eigenvalue weighted by atomic mass is 16.5. The van der Waals surface area contributed by atoms with Crippen LogP contribution in [0, 0.1) is 27.7 Å². The number of anilines is 3. The molecule has 0 heterocycles. The molecule has 156 valence electrons. The summed E-state index contributed by atoms with van der Waals surface area (Å²) in [5.41, 5.74) is 11.0. The summed E-state index contributed by atoms with van der Waals surface area (Å²) in [7, 11) is 1.69. The predicted molar refractivity (Wildman–Crippen MR) is 132 cm³/mol. The van der Waals surface area contributed by atoms with Gasteiger partial charge in [0.2, 0.25) is 0 Å². The van der Waals surface area contributed by atoms with E-state index in [2.05, 4.69) is 105 Å². The average molecular weight is 408 g/mol. The van der Waals surface area contributed by atoms with Crippen LogP contribution >= 0.6 is 0 Å². The van der Waals surface area contributed by atoms with Gasteiger partial charge in [-0.25, -0.2) is 0 Å². The Bertz CT molecular complexity index is 1140. The second kappa shape index (κ2) is 8.69. The summed E-state index contributed by atoms with van der Waals surface area (Å²) in [6.45, 7) is 8.65. The second-order valence-corrected chi connectivity index (χ2v) is 8.15. The van der Waals surface area contributed by atoms with E-state index in [1.54, 1.807) is 7.11 Å². The van der Waals surface area contributed by atoms with E-state index in [1.807, 2.05) is 12.1 Å². The van der Waals surface area contributed by atoms with Crippen LogP contribution in [0.1, 0.15) is 22.3 Å². The highest BCUT2D eigenvalue weighted by Gasteiger charge is 2.14. The lowest BCUT2D eigenvalue weighted by Crippen LogP contribution is -2.10. The summed E-state index contributed by atoms with van der Waals surface area (Å²) in [6.07, 6.45) is 0.